The smallest absolute Gasteiger partial charge is 0.341 e. The molecule has 6 heteroatoms. The molecule has 0 fully saturated rings. The van der Waals surface area contributed by atoms with E-state index in [9.17, 15) is 9.59 Å². The Hall–Kier alpha value is -2.53. The quantitative estimate of drug-likeness (QED) is 0.741. The van der Waals surface area contributed by atoms with Gasteiger partial charge in [0.15, 0.2) is 6.61 Å². The molecule has 0 aliphatic heterocycles. The van der Waals surface area contributed by atoms with Gasteiger partial charge >= 0.3 is 5.97 Å². The number of benzene rings is 2. The van der Waals surface area contributed by atoms with Gasteiger partial charge in [0.2, 0.25) is 5.91 Å². The number of ether oxygens (including phenoxy) is 1. The van der Waals surface area contributed by atoms with Crippen LogP contribution in [0.4, 0.5) is 0 Å². The fraction of sp³-hybridized carbons (Fsp3) is 0.300. The van der Waals surface area contributed by atoms with E-state index in [0.717, 1.165) is 11.1 Å². The van der Waals surface area contributed by atoms with Crippen molar-refractivity contribution in [2.24, 2.45) is 0 Å². The van der Waals surface area contributed by atoms with E-state index in [2.05, 4.69) is 5.32 Å². The summed E-state index contributed by atoms with van der Waals surface area (Å²) in [6.45, 7) is 3.81. The summed E-state index contributed by atoms with van der Waals surface area (Å²) in [5.74, 6) is -0.607. The van der Waals surface area contributed by atoms with Crippen molar-refractivity contribution in [3.63, 3.8) is 0 Å². The highest BCUT2D eigenvalue weighted by molar-refractivity contribution is 6.31. The van der Waals surface area contributed by atoms with Gasteiger partial charge in [0.25, 0.3) is 0 Å². The Bertz CT molecular complexity index is 772. The summed E-state index contributed by atoms with van der Waals surface area (Å²) in [5, 5.41) is 12.1. The van der Waals surface area contributed by atoms with E-state index >= 15 is 0 Å². The van der Waals surface area contributed by atoms with Crippen LogP contribution in [0.15, 0.2) is 48.5 Å². The van der Waals surface area contributed by atoms with Gasteiger partial charge in [-0.15, -0.1) is 0 Å². The van der Waals surface area contributed by atoms with Crippen LogP contribution in [0.1, 0.15) is 25.0 Å². The number of carboxylic acids is 1. The highest BCUT2D eigenvalue weighted by Crippen LogP contribution is 2.29. The topological polar surface area (TPSA) is 75.6 Å². The van der Waals surface area contributed by atoms with E-state index in [0.29, 0.717) is 23.7 Å². The summed E-state index contributed by atoms with van der Waals surface area (Å²) >= 11 is 6.21. The Labute approximate surface area is 157 Å². The summed E-state index contributed by atoms with van der Waals surface area (Å²) in [5.41, 5.74) is 1.08. The van der Waals surface area contributed by atoms with Crippen LogP contribution in [-0.4, -0.2) is 30.1 Å². The molecule has 2 aromatic carbocycles. The Morgan fingerprint density at radius 1 is 1.12 bits per heavy atom. The third kappa shape index (κ3) is 5.23. The van der Waals surface area contributed by atoms with Crippen molar-refractivity contribution in [1.82, 2.24) is 5.32 Å². The average molecular weight is 376 g/mol. The molecule has 0 atom stereocenters. The molecule has 0 spiro atoms. The number of hydrogen-bond acceptors (Lipinski definition) is 3. The van der Waals surface area contributed by atoms with Crippen molar-refractivity contribution in [2.45, 2.75) is 25.7 Å². The summed E-state index contributed by atoms with van der Waals surface area (Å²) in [6.07, 6.45) is 0.656. The summed E-state index contributed by atoms with van der Waals surface area (Å²) in [6, 6.07) is 14.5. The molecule has 0 saturated heterocycles. The second-order valence-corrected chi connectivity index (χ2v) is 6.84. The summed E-state index contributed by atoms with van der Waals surface area (Å²) in [4.78, 5) is 23.0. The maximum absolute atomic E-state index is 12.6. The van der Waals surface area contributed by atoms with Gasteiger partial charge in [0.05, 0.1) is 5.41 Å². The van der Waals surface area contributed by atoms with Crippen molar-refractivity contribution in [1.29, 1.82) is 0 Å². The number of amides is 1. The third-order valence-electron chi connectivity index (χ3n) is 4.10. The molecule has 0 unspecified atom stereocenters. The first kappa shape index (κ1) is 19.8. The third-order valence-corrected chi connectivity index (χ3v) is 4.43. The number of carboxylic acid groups (broad SMARTS) is 1. The first-order valence-corrected chi connectivity index (χ1v) is 8.65. The van der Waals surface area contributed by atoms with Gasteiger partial charge in [0, 0.05) is 11.6 Å². The summed E-state index contributed by atoms with van der Waals surface area (Å²) in [7, 11) is 0. The minimum Gasteiger partial charge on any atom is -0.482 e. The van der Waals surface area contributed by atoms with Gasteiger partial charge in [-0.05, 0) is 49.6 Å². The number of carbonyl (C=O) groups is 2. The molecule has 0 heterocycles. The normalized spacial score (nSPS) is 11.0. The Morgan fingerprint density at radius 2 is 1.77 bits per heavy atom. The molecule has 0 saturated carbocycles. The molecule has 26 heavy (non-hydrogen) atoms. The lowest BCUT2D eigenvalue weighted by atomic mass is 9.83. The van der Waals surface area contributed by atoms with Crippen LogP contribution in [0.2, 0.25) is 5.02 Å². The molecule has 2 rings (SSSR count). The number of halogens is 1. The second-order valence-electron chi connectivity index (χ2n) is 6.44. The van der Waals surface area contributed by atoms with Crippen molar-refractivity contribution >= 4 is 23.5 Å². The standard InChI is InChI=1S/C20H22ClNO4/c1-20(2,16-5-3-4-6-17(16)21)19(25)22-12-11-14-7-9-15(10-8-14)26-13-18(23)24/h3-10H,11-13H2,1-2H3,(H,22,25)(H,23,24). The lowest BCUT2D eigenvalue weighted by Crippen LogP contribution is -2.41. The Morgan fingerprint density at radius 3 is 2.38 bits per heavy atom. The van der Waals surface area contributed by atoms with Gasteiger partial charge in [-0.2, -0.15) is 0 Å². The van der Waals surface area contributed by atoms with Gasteiger partial charge in [-0.25, -0.2) is 4.79 Å². The van der Waals surface area contributed by atoms with Crippen LogP contribution in [0, 0.1) is 0 Å². The van der Waals surface area contributed by atoms with Crippen molar-refractivity contribution < 1.29 is 19.4 Å². The van der Waals surface area contributed by atoms with Gasteiger partial charge in [-0.3, -0.25) is 4.79 Å². The SMILES string of the molecule is CC(C)(C(=O)NCCc1ccc(OCC(=O)O)cc1)c1ccccc1Cl. The van der Waals surface area contributed by atoms with E-state index in [-0.39, 0.29) is 12.5 Å². The lowest BCUT2D eigenvalue weighted by molar-refractivity contribution is -0.139. The molecule has 0 bridgehead atoms. The maximum Gasteiger partial charge on any atom is 0.341 e. The number of nitrogens with one attached hydrogen (secondary N) is 1. The highest BCUT2D eigenvalue weighted by atomic mass is 35.5. The largest absolute Gasteiger partial charge is 0.482 e. The van der Waals surface area contributed by atoms with Crippen LogP contribution in [-0.2, 0) is 21.4 Å². The van der Waals surface area contributed by atoms with Crippen molar-refractivity contribution in [2.75, 3.05) is 13.2 Å². The van der Waals surface area contributed by atoms with Crippen LogP contribution in [0.25, 0.3) is 0 Å². The minimum atomic E-state index is -1.02. The van der Waals surface area contributed by atoms with Crippen LogP contribution in [0.5, 0.6) is 5.75 Å². The predicted molar refractivity (Wildman–Crippen MR) is 101 cm³/mol. The van der Waals surface area contributed by atoms with Crippen molar-refractivity contribution in [3.05, 3.63) is 64.7 Å². The average Bonchev–Trinajstić information content (AvgIpc) is 2.61. The van der Waals surface area contributed by atoms with Gasteiger partial charge in [0.1, 0.15) is 5.75 Å². The first-order chi connectivity index (χ1) is 12.3. The molecule has 0 radical (unpaired) electrons. The fourth-order valence-corrected chi connectivity index (χ4v) is 2.90. The van der Waals surface area contributed by atoms with E-state index in [1.54, 1.807) is 18.2 Å². The molecule has 5 nitrogen and oxygen atoms in total. The zero-order valence-corrected chi connectivity index (χ0v) is 15.5. The number of carbonyl (C=O) groups excluding carboxylic acids is 1. The van der Waals surface area contributed by atoms with Crippen molar-refractivity contribution in [3.8, 4) is 5.75 Å². The summed E-state index contributed by atoms with van der Waals surface area (Å²) < 4.78 is 5.09. The van der Waals surface area contributed by atoms with E-state index < -0.39 is 11.4 Å². The Kier molecular flexibility index (Phi) is 6.64. The molecule has 1 amide bonds. The number of rotatable bonds is 8. The van der Waals surface area contributed by atoms with E-state index in [1.165, 1.54) is 0 Å². The molecular weight excluding hydrogens is 354 g/mol. The van der Waals surface area contributed by atoms with Gasteiger partial charge in [-0.1, -0.05) is 41.9 Å². The first-order valence-electron chi connectivity index (χ1n) is 8.27. The molecule has 0 aliphatic rings. The molecular formula is C20H22ClNO4. The maximum atomic E-state index is 12.6. The van der Waals surface area contributed by atoms with Crippen LogP contribution < -0.4 is 10.1 Å². The lowest BCUT2D eigenvalue weighted by Gasteiger charge is -2.25. The second kappa shape index (κ2) is 8.72. The Balaban J connectivity index is 1.88. The molecule has 0 aromatic heterocycles. The van der Waals surface area contributed by atoms with Crippen LogP contribution in [0.3, 0.4) is 0 Å². The zero-order chi connectivity index (χ0) is 19.2. The predicted octanol–water partition coefficient (Wildman–Crippen LogP) is 3.44. The fourth-order valence-electron chi connectivity index (χ4n) is 2.53. The monoisotopic (exact) mass is 375 g/mol. The van der Waals surface area contributed by atoms with Gasteiger partial charge < -0.3 is 15.2 Å². The zero-order valence-electron chi connectivity index (χ0n) is 14.8. The van der Waals surface area contributed by atoms with Crippen LogP contribution >= 0.6 is 11.6 Å². The molecule has 138 valence electrons. The molecule has 2 N–H and O–H groups in total. The minimum absolute atomic E-state index is 0.0907. The molecule has 0 aliphatic carbocycles. The van der Waals surface area contributed by atoms with E-state index in [1.807, 2.05) is 44.2 Å². The molecule has 2 aromatic rings. The number of aliphatic carboxylic acids is 1. The van der Waals surface area contributed by atoms with E-state index in [4.69, 9.17) is 21.4 Å². The highest BCUT2D eigenvalue weighted by Gasteiger charge is 2.31. The number of hydrogen-bond donors (Lipinski definition) is 2.